The van der Waals surface area contributed by atoms with Gasteiger partial charge in [-0.3, -0.25) is 4.90 Å². The second-order valence-electron chi connectivity index (χ2n) is 4.21. The van der Waals surface area contributed by atoms with Crippen LogP contribution in [0.4, 0.5) is 13.2 Å². The quantitative estimate of drug-likeness (QED) is 0.717. The van der Waals surface area contributed by atoms with Crippen molar-refractivity contribution in [3.8, 4) is 0 Å². The second kappa shape index (κ2) is 5.70. The van der Waals surface area contributed by atoms with Crippen LogP contribution >= 0.6 is 0 Å². The highest BCUT2D eigenvalue weighted by molar-refractivity contribution is 4.78. The third-order valence-electron chi connectivity index (χ3n) is 2.63. The summed E-state index contributed by atoms with van der Waals surface area (Å²) in [5.74, 6) is 0.388. The monoisotopic (exact) mass is 224 g/mol. The summed E-state index contributed by atoms with van der Waals surface area (Å²) < 4.78 is 36.3. The molecule has 1 N–H and O–H groups in total. The van der Waals surface area contributed by atoms with Crippen LogP contribution in [0.25, 0.3) is 0 Å². The third kappa shape index (κ3) is 5.37. The minimum atomic E-state index is -4.05. The van der Waals surface area contributed by atoms with Gasteiger partial charge >= 0.3 is 6.18 Å². The topological polar surface area (TPSA) is 15.3 Å². The molecule has 0 aromatic heterocycles. The van der Waals surface area contributed by atoms with Crippen LogP contribution in [0, 0.1) is 5.92 Å². The molecule has 5 heteroatoms. The molecule has 1 aliphatic rings. The normalized spacial score (nSPS) is 23.6. The van der Waals surface area contributed by atoms with Gasteiger partial charge in [-0.15, -0.1) is 0 Å². The lowest BCUT2D eigenvalue weighted by molar-refractivity contribution is -0.143. The number of rotatable bonds is 5. The summed E-state index contributed by atoms with van der Waals surface area (Å²) in [6.45, 7) is 4.29. The van der Waals surface area contributed by atoms with Crippen molar-refractivity contribution in [3.63, 3.8) is 0 Å². The van der Waals surface area contributed by atoms with Gasteiger partial charge in [-0.25, -0.2) is 0 Å². The Morgan fingerprint density at radius 1 is 1.40 bits per heavy atom. The molecular weight excluding hydrogens is 205 g/mol. The molecule has 0 aliphatic carbocycles. The zero-order valence-electron chi connectivity index (χ0n) is 9.11. The highest BCUT2D eigenvalue weighted by Gasteiger charge is 2.33. The van der Waals surface area contributed by atoms with E-state index in [0.29, 0.717) is 19.0 Å². The average molecular weight is 224 g/mol. The highest BCUT2D eigenvalue weighted by Crippen LogP contribution is 2.22. The lowest BCUT2D eigenvalue weighted by Crippen LogP contribution is -2.33. The summed E-state index contributed by atoms with van der Waals surface area (Å²) in [6.07, 6.45) is -2.10. The molecular formula is C10H19F3N2. The molecule has 0 aromatic carbocycles. The van der Waals surface area contributed by atoms with Gasteiger partial charge in [0.2, 0.25) is 0 Å². The number of hydrogen-bond donors (Lipinski definition) is 1. The predicted molar refractivity (Wildman–Crippen MR) is 53.8 cm³/mol. The molecule has 0 saturated carbocycles. The van der Waals surface area contributed by atoms with E-state index in [1.807, 2.05) is 0 Å². The van der Waals surface area contributed by atoms with E-state index in [1.165, 1.54) is 4.90 Å². The van der Waals surface area contributed by atoms with Gasteiger partial charge in [-0.05, 0) is 38.4 Å². The molecule has 1 heterocycles. The van der Waals surface area contributed by atoms with Crippen molar-refractivity contribution in [1.29, 1.82) is 0 Å². The minimum absolute atomic E-state index is 0.388. The molecule has 0 bridgehead atoms. The lowest BCUT2D eigenvalue weighted by Gasteiger charge is -2.17. The molecule has 1 atom stereocenters. The molecule has 1 unspecified atom stereocenters. The first-order valence-corrected chi connectivity index (χ1v) is 5.51. The van der Waals surface area contributed by atoms with Crippen molar-refractivity contribution in [3.05, 3.63) is 0 Å². The summed E-state index contributed by atoms with van der Waals surface area (Å²) in [6, 6.07) is 0. The number of nitrogens with zero attached hydrogens (tertiary/aromatic N) is 1. The van der Waals surface area contributed by atoms with Crippen LogP contribution in [-0.4, -0.2) is 43.8 Å². The van der Waals surface area contributed by atoms with Crippen molar-refractivity contribution in [2.45, 2.75) is 25.9 Å². The lowest BCUT2D eigenvalue weighted by atomic mass is 10.1. The standard InChI is InChI=1S/C10H19F3N2/c1-2-4-14-6-9-3-5-15(7-9)8-10(11,12)13/h9,14H,2-8H2,1H3. The molecule has 1 fully saturated rings. The molecule has 0 aromatic rings. The molecule has 0 spiro atoms. The predicted octanol–water partition coefficient (Wildman–Crippen LogP) is 1.87. The smallest absolute Gasteiger partial charge is 0.316 e. The Kier molecular flexibility index (Phi) is 4.86. The van der Waals surface area contributed by atoms with E-state index in [2.05, 4.69) is 12.2 Å². The van der Waals surface area contributed by atoms with Crippen LogP contribution in [0.1, 0.15) is 19.8 Å². The van der Waals surface area contributed by atoms with E-state index in [-0.39, 0.29) is 0 Å². The first-order valence-electron chi connectivity index (χ1n) is 5.51. The van der Waals surface area contributed by atoms with Gasteiger partial charge in [0.15, 0.2) is 0 Å². The van der Waals surface area contributed by atoms with Crippen LogP contribution in [0.2, 0.25) is 0 Å². The maximum Gasteiger partial charge on any atom is 0.401 e. The van der Waals surface area contributed by atoms with Gasteiger partial charge in [-0.2, -0.15) is 13.2 Å². The van der Waals surface area contributed by atoms with E-state index >= 15 is 0 Å². The number of likely N-dealkylation sites (tertiary alicyclic amines) is 1. The summed E-state index contributed by atoms with van der Waals surface area (Å²) in [4.78, 5) is 1.50. The molecule has 1 rings (SSSR count). The molecule has 15 heavy (non-hydrogen) atoms. The van der Waals surface area contributed by atoms with Crippen LogP contribution < -0.4 is 5.32 Å². The Morgan fingerprint density at radius 3 is 2.73 bits per heavy atom. The summed E-state index contributed by atoms with van der Waals surface area (Å²) >= 11 is 0. The van der Waals surface area contributed by atoms with Crippen LogP contribution in [0.3, 0.4) is 0 Å². The van der Waals surface area contributed by atoms with Gasteiger partial charge in [0.05, 0.1) is 6.54 Å². The zero-order chi connectivity index (χ0) is 11.3. The third-order valence-corrected chi connectivity index (χ3v) is 2.63. The van der Waals surface area contributed by atoms with Crippen LogP contribution in [0.5, 0.6) is 0 Å². The summed E-state index contributed by atoms with van der Waals surface area (Å²) in [5.41, 5.74) is 0. The van der Waals surface area contributed by atoms with Gasteiger partial charge in [0, 0.05) is 6.54 Å². The van der Waals surface area contributed by atoms with Gasteiger partial charge in [0.25, 0.3) is 0 Å². The first-order chi connectivity index (χ1) is 7.01. The molecule has 1 saturated heterocycles. The fourth-order valence-electron chi connectivity index (χ4n) is 1.96. The SMILES string of the molecule is CCCNCC1CCN(CC(F)(F)F)C1. The maximum atomic E-state index is 12.1. The number of halogens is 3. The summed E-state index contributed by atoms with van der Waals surface area (Å²) in [5, 5.41) is 3.25. The van der Waals surface area contributed by atoms with Gasteiger partial charge in [-0.1, -0.05) is 6.92 Å². The Balaban J connectivity index is 2.15. The molecule has 1 aliphatic heterocycles. The van der Waals surface area contributed by atoms with E-state index in [9.17, 15) is 13.2 Å². The molecule has 90 valence electrons. The average Bonchev–Trinajstić information content (AvgIpc) is 2.50. The van der Waals surface area contributed by atoms with Gasteiger partial charge < -0.3 is 5.32 Å². The Bertz CT molecular complexity index is 182. The molecule has 0 amide bonds. The number of alkyl halides is 3. The van der Waals surface area contributed by atoms with Crippen molar-refractivity contribution in [1.82, 2.24) is 10.2 Å². The molecule has 0 radical (unpaired) electrons. The van der Waals surface area contributed by atoms with E-state index in [0.717, 1.165) is 25.9 Å². The van der Waals surface area contributed by atoms with Crippen molar-refractivity contribution < 1.29 is 13.2 Å². The first kappa shape index (κ1) is 12.8. The largest absolute Gasteiger partial charge is 0.401 e. The van der Waals surface area contributed by atoms with Crippen molar-refractivity contribution >= 4 is 0 Å². The van der Waals surface area contributed by atoms with Crippen LogP contribution in [0.15, 0.2) is 0 Å². The number of nitrogens with one attached hydrogen (secondary N) is 1. The maximum absolute atomic E-state index is 12.1. The minimum Gasteiger partial charge on any atom is -0.316 e. The van der Waals surface area contributed by atoms with Crippen molar-refractivity contribution in [2.75, 3.05) is 32.7 Å². The van der Waals surface area contributed by atoms with E-state index in [4.69, 9.17) is 0 Å². The Labute approximate surface area is 88.8 Å². The molecule has 2 nitrogen and oxygen atoms in total. The Morgan fingerprint density at radius 2 is 2.13 bits per heavy atom. The van der Waals surface area contributed by atoms with Crippen molar-refractivity contribution in [2.24, 2.45) is 5.92 Å². The second-order valence-corrected chi connectivity index (χ2v) is 4.21. The van der Waals surface area contributed by atoms with Gasteiger partial charge in [0.1, 0.15) is 0 Å². The fourth-order valence-corrected chi connectivity index (χ4v) is 1.96. The number of hydrogen-bond acceptors (Lipinski definition) is 2. The van der Waals surface area contributed by atoms with E-state index in [1.54, 1.807) is 0 Å². The fraction of sp³-hybridized carbons (Fsp3) is 1.00. The zero-order valence-corrected chi connectivity index (χ0v) is 9.11. The van der Waals surface area contributed by atoms with Crippen LogP contribution in [-0.2, 0) is 0 Å². The highest BCUT2D eigenvalue weighted by atomic mass is 19.4. The summed E-state index contributed by atoms with van der Waals surface area (Å²) in [7, 11) is 0. The van der Waals surface area contributed by atoms with E-state index < -0.39 is 12.7 Å². The Hall–Kier alpha value is -0.290.